The van der Waals surface area contributed by atoms with Crippen LogP contribution in [-0.4, -0.2) is 50.9 Å². The molecule has 0 unspecified atom stereocenters. The lowest BCUT2D eigenvalue weighted by Crippen LogP contribution is -2.40. The molecule has 3 aromatic rings. The average Bonchev–Trinajstić information content (AvgIpc) is 3.39. The van der Waals surface area contributed by atoms with Crippen LogP contribution in [0.25, 0.3) is 0 Å². The fourth-order valence-electron chi connectivity index (χ4n) is 3.34. The van der Waals surface area contributed by atoms with E-state index in [1.165, 1.54) is 40.9 Å². The molecule has 1 atom stereocenters. The van der Waals surface area contributed by atoms with Crippen molar-refractivity contribution in [2.45, 2.75) is 11.0 Å². The van der Waals surface area contributed by atoms with Gasteiger partial charge in [0.05, 0.1) is 24.4 Å². The number of furan rings is 1. The van der Waals surface area contributed by atoms with Crippen molar-refractivity contribution >= 4 is 27.6 Å². The molecule has 172 valence electrons. The van der Waals surface area contributed by atoms with E-state index in [1.807, 2.05) is 0 Å². The van der Waals surface area contributed by atoms with Crippen LogP contribution < -0.4 is 5.32 Å². The first-order chi connectivity index (χ1) is 15.9. The lowest BCUT2D eigenvalue weighted by atomic mass is 10.1. The van der Waals surface area contributed by atoms with Crippen molar-refractivity contribution in [2.24, 2.45) is 0 Å². The van der Waals surface area contributed by atoms with Gasteiger partial charge < -0.3 is 19.2 Å². The Morgan fingerprint density at radius 3 is 2.42 bits per heavy atom. The molecule has 1 amide bonds. The molecule has 1 aliphatic rings. The maximum Gasteiger partial charge on any atom is 0.375 e. The number of anilines is 1. The van der Waals surface area contributed by atoms with Gasteiger partial charge >= 0.3 is 5.97 Å². The van der Waals surface area contributed by atoms with Gasteiger partial charge in [0.15, 0.2) is 0 Å². The van der Waals surface area contributed by atoms with E-state index in [0.717, 1.165) is 0 Å². The van der Waals surface area contributed by atoms with Gasteiger partial charge in [0.1, 0.15) is 0 Å². The van der Waals surface area contributed by atoms with Crippen LogP contribution in [0.15, 0.2) is 82.3 Å². The van der Waals surface area contributed by atoms with Crippen LogP contribution in [0.2, 0.25) is 0 Å². The van der Waals surface area contributed by atoms with Crippen LogP contribution in [0.1, 0.15) is 22.2 Å². The van der Waals surface area contributed by atoms with Crippen molar-refractivity contribution in [1.29, 1.82) is 0 Å². The molecule has 1 aromatic heterocycles. The van der Waals surface area contributed by atoms with Gasteiger partial charge in [-0.1, -0.05) is 36.4 Å². The molecular weight excluding hydrogens is 448 g/mol. The monoisotopic (exact) mass is 470 g/mol. The van der Waals surface area contributed by atoms with Crippen LogP contribution in [0.5, 0.6) is 0 Å². The first kappa shape index (κ1) is 22.7. The zero-order chi connectivity index (χ0) is 23.3. The largest absolute Gasteiger partial charge is 0.457 e. The number of amides is 1. The molecule has 9 nitrogen and oxygen atoms in total. The van der Waals surface area contributed by atoms with Crippen molar-refractivity contribution in [2.75, 3.05) is 31.6 Å². The Kier molecular flexibility index (Phi) is 6.87. The summed E-state index contributed by atoms with van der Waals surface area (Å²) < 4.78 is 42.9. The molecule has 1 fully saturated rings. The van der Waals surface area contributed by atoms with E-state index in [4.69, 9.17) is 13.9 Å². The van der Waals surface area contributed by atoms with E-state index in [1.54, 1.807) is 36.4 Å². The number of carbonyl (C=O) groups excluding carboxylic acids is 2. The highest BCUT2D eigenvalue weighted by molar-refractivity contribution is 7.89. The first-order valence-electron chi connectivity index (χ1n) is 10.2. The number of esters is 1. The summed E-state index contributed by atoms with van der Waals surface area (Å²) in [5.74, 6) is -1.47. The van der Waals surface area contributed by atoms with Gasteiger partial charge in [0, 0.05) is 24.3 Å². The number of sulfonamides is 1. The van der Waals surface area contributed by atoms with Crippen molar-refractivity contribution in [1.82, 2.24) is 4.31 Å². The summed E-state index contributed by atoms with van der Waals surface area (Å²) in [7, 11) is -3.74. The molecule has 0 radical (unpaired) electrons. The molecule has 4 rings (SSSR count). The minimum Gasteiger partial charge on any atom is -0.457 e. The minimum absolute atomic E-state index is 0.0395. The van der Waals surface area contributed by atoms with E-state index in [-0.39, 0.29) is 29.4 Å². The van der Waals surface area contributed by atoms with Gasteiger partial charge in [-0.3, -0.25) is 4.79 Å². The standard InChI is InChI=1S/C23H22N2O7S/c26-22(21(17-6-2-1-3-7-17)32-23(27)20-10-5-13-31-20)24-18-8-4-9-19(16-18)33(28,29)25-11-14-30-15-12-25/h1-10,13,16,21H,11-12,14-15H2,(H,24,26)/t21-/m0/s1. The Morgan fingerprint density at radius 1 is 0.970 bits per heavy atom. The Bertz CT molecular complexity index is 1200. The fraction of sp³-hybridized carbons (Fsp3) is 0.217. The van der Waals surface area contributed by atoms with Crippen LogP contribution in [0, 0.1) is 0 Å². The quantitative estimate of drug-likeness (QED) is 0.528. The molecule has 0 aliphatic carbocycles. The summed E-state index contributed by atoms with van der Waals surface area (Å²) in [6.45, 7) is 1.18. The van der Waals surface area contributed by atoms with Gasteiger partial charge in [-0.25, -0.2) is 13.2 Å². The number of rotatable bonds is 7. The predicted molar refractivity (Wildman–Crippen MR) is 118 cm³/mol. The third-order valence-electron chi connectivity index (χ3n) is 5.00. The zero-order valence-electron chi connectivity index (χ0n) is 17.5. The molecule has 2 heterocycles. The van der Waals surface area contributed by atoms with Crippen molar-refractivity contribution in [3.63, 3.8) is 0 Å². The lowest BCUT2D eigenvalue weighted by Gasteiger charge is -2.26. The van der Waals surface area contributed by atoms with Crippen molar-refractivity contribution < 1.29 is 31.9 Å². The summed E-state index contributed by atoms with van der Waals surface area (Å²) in [4.78, 5) is 25.5. The van der Waals surface area contributed by atoms with Gasteiger partial charge in [0.25, 0.3) is 5.91 Å². The number of hydrogen-bond donors (Lipinski definition) is 1. The van der Waals surface area contributed by atoms with Crippen LogP contribution in [0.4, 0.5) is 5.69 Å². The maximum absolute atomic E-state index is 13.1. The van der Waals surface area contributed by atoms with Crippen LogP contribution in [0.3, 0.4) is 0 Å². The molecule has 1 aliphatic heterocycles. The number of nitrogens with one attached hydrogen (secondary N) is 1. The molecular formula is C23H22N2O7S. The molecule has 0 bridgehead atoms. The van der Waals surface area contributed by atoms with E-state index in [9.17, 15) is 18.0 Å². The molecule has 10 heteroatoms. The Hall–Kier alpha value is -3.47. The van der Waals surface area contributed by atoms with Gasteiger partial charge in [-0.2, -0.15) is 4.31 Å². The summed E-state index contributed by atoms with van der Waals surface area (Å²) in [5, 5.41) is 2.65. The smallest absolute Gasteiger partial charge is 0.375 e. The Balaban J connectivity index is 1.55. The lowest BCUT2D eigenvalue weighted by molar-refractivity contribution is -0.125. The summed E-state index contributed by atoms with van der Waals surface area (Å²) in [5.41, 5.74) is 0.705. The summed E-state index contributed by atoms with van der Waals surface area (Å²) in [6.07, 6.45) is 0.0532. The molecule has 1 saturated heterocycles. The number of nitrogens with zero attached hydrogens (tertiary/aromatic N) is 1. The molecule has 1 N–H and O–H groups in total. The van der Waals surface area contributed by atoms with Gasteiger partial charge in [-0.15, -0.1) is 0 Å². The zero-order valence-corrected chi connectivity index (χ0v) is 18.4. The molecule has 0 spiro atoms. The minimum atomic E-state index is -3.74. The van der Waals surface area contributed by atoms with E-state index < -0.39 is 28.0 Å². The molecule has 2 aromatic carbocycles. The first-order valence-corrected chi connectivity index (χ1v) is 11.7. The third kappa shape index (κ3) is 5.30. The highest BCUT2D eigenvalue weighted by Gasteiger charge is 2.29. The molecule has 33 heavy (non-hydrogen) atoms. The normalized spacial score (nSPS) is 15.5. The SMILES string of the molecule is O=C(O[C@H](C(=O)Nc1cccc(S(=O)(=O)N2CCOCC2)c1)c1ccccc1)c1ccco1. The highest BCUT2D eigenvalue weighted by atomic mass is 32.2. The second-order valence-electron chi connectivity index (χ2n) is 7.21. The van der Waals surface area contributed by atoms with Crippen LogP contribution >= 0.6 is 0 Å². The molecule has 0 saturated carbocycles. The fourth-order valence-corrected chi connectivity index (χ4v) is 4.79. The number of morpholine rings is 1. The van der Waals surface area contributed by atoms with Crippen LogP contribution in [-0.2, 0) is 24.3 Å². The number of hydrogen-bond acceptors (Lipinski definition) is 7. The van der Waals surface area contributed by atoms with E-state index in [0.29, 0.717) is 18.8 Å². The van der Waals surface area contributed by atoms with E-state index in [2.05, 4.69) is 5.32 Å². The topological polar surface area (TPSA) is 115 Å². The van der Waals surface area contributed by atoms with Gasteiger partial charge in [-0.05, 0) is 30.3 Å². The van der Waals surface area contributed by atoms with Crippen molar-refractivity contribution in [3.8, 4) is 0 Å². The average molecular weight is 471 g/mol. The Morgan fingerprint density at radius 2 is 1.73 bits per heavy atom. The van der Waals surface area contributed by atoms with E-state index >= 15 is 0 Å². The second-order valence-corrected chi connectivity index (χ2v) is 9.14. The summed E-state index contributed by atoms with van der Waals surface area (Å²) >= 11 is 0. The second kappa shape index (κ2) is 9.99. The third-order valence-corrected chi connectivity index (χ3v) is 6.89. The maximum atomic E-state index is 13.1. The van der Waals surface area contributed by atoms with Gasteiger partial charge in [0.2, 0.25) is 21.9 Å². The number of benzene rings is 2. The highest BCUT2D eigenvalue weighted by Crippen LogP contribution is 2.24. The number of carbonyl (C=O) groups is 2. The predicted octanol–water partition coefficient (Wildman–Crippen LogP) is 2.84. The number of ether oxygens (including phenoxy) is 2. The van der Waals surface area contributed by atoms with Crippen molar-refractivity contribution in [3.05, 3.63) is 84.3 Å². The Labute approximate surface area is 191 Å². The summed E-state index contributed by atoms with van der Waals surface area (Å²) in [6, 6.07) is 17.4.